The summed E-state index contributed by atoms with van der Waals surface area (Å²) in [6, 6.07) is 3.42. The number of halogens is 1. The van der Waals surface area contributed by atoms with E-state index in [1.807, 2.05) is 0 Å². The molecule has 1 aliphatic heterocycles. The molecule has 5 heteroatoms. The molecule has 0 aliphatic carbocycles. The predicted molar refractivity (Wildman–Crippen MR) is 60.6 cm³/mol. The highest BCUT2D eigenvalue weighted by Gasteiger charge is 2.16. The fraction of sp³-hybridized carbons (Fsp3) is 0.455. The lowest BCUT2D eigenvalue weighted by atomic mass is 10.1. The number of amides is 1. The summed E-state index contributed by atoms with van der Waals surface area (Å²) in [6.07, 6.45) is 3.26. The Labute approximate surface area is 99.0 Å². The molecule has 0 spiro atoms. The van der Waals surface area contributed by atoms with Crippen LogP contribution < -0.4 is 5.32 Å². The highest BCUT2D eigenvalue weighted by atomic mass is 35.5. The number of hydrogen-bond donors (Lipinski definition) is 1. The van der Waals surface area contributed by atoms with E-state index in [2.05, 4.69) is 10.3 Å². The second-order valence-electron chi connectivity index (χ2n) is 3.73. The zero-order valence-electron chi connectivity index (χ0n) is 8.78. The van der Waals surface area contributed by atoms with E-state index in [1.165, 1.54) is 6.20 Å². The molecule has 0 aromatic carbocycles. The smallest absolute Gasteiger partial charge is 0.251 e. The van der Waals surface area contributed by atoms with Crippen molar-refractivity contribution in [3.8, 4) is 0 Å². The standard InChI is InChI=1S/C11H13ClN2O2/c12-10-7-8(1-4-13-10)11(15)14-9-2-5-16-6-3-9/h1,4,7,9H,2-3,5-6H2,(H,14,15). The van der Waals surface area contributed by atoms with Crippen molar-refractivity contribution in [2.75, 3.05) is 13.2 Å². The largest absolute Gasteiger partial charge is 0.381 e. The maximum Gasteiger partial charge on any atom is 0.251 e. The second kappa shape index (κ2) is 5.27. The van der Waals surface area contributed by atoms with Gasteiger partial charge in [-0.05, 0) is 25.0 Å². The minimum atomic E-state index is -0.101. The van der Waals surface area contributed by atoms with E-state index >= 15 is 0 Å². The summed E-state index contributed by atoms with van der Waals surface area (Å²) in [7, 11) is 0. The van der Waals surface area contributed by atoms with Crippen LogP contribution >= 0.6 is 11.6 Å². The molecule has 0 radical (unpaired) electrons. The zero-order chi connectivity index (χ0) is 11.4. The van der Waals surface area contributed by atoms with Crippen LogP contribution in [0.25, 0.3) is 0 Å². The van der Waals surface area contributed by atoms with E-state index in [-0.39, 0.29) is 11.9 Å². The van der Waals surface area contributed by atoms with E-state index in [4.69, 9.17) is 16.3 Å². The SMILES string of the molecule is O=C(NC1CCOCC1)c1ccnc(Cl)c1. The second-order valence-corrected chi connectivity index (χ2v) is 4.11. The van der Waals surface area contributed by atoms with Gasteiger partial charge in [0.15, 0.2) is 0 Å². The molecule has 1 amide bonds. The quantitative estimate of drug-likeness (QED) is 0.800. The Morgan fingerprint density at radius 3 is 2.94 bits per heavy atom. The molecule has 0 atom stereocenters. The van der Waals surface area contributed by atoms with Gasteiger partial charge in [-0.25, -0.2) is 4.98 Å². The molecule has 86 valence electrons. The van der Waals surface area contributed by atoms with Gasteiger partial charge < -0.3 is 10.1 Å². The van der Waals surface area contributed by atoms with Crippen LogP contribution in [0.3, 0.4) is 0 Å². The molecule has 2 rings (SSSR count). The van der Waals surface area contributed by atoms with Crippen molar-refractivity contribution in [2.45, 2.75) is 18.9 Å². The molecular weight excluding hydrogens is 228 g/mol. The van der Waals surface area contributed by atoms with Crippen LogP contribution in [0.5, 0.6) is 0 Å². The third kappa shape index (κ3) is 2.93. The predicted octanol–water partition coefficient (Wildman–Crippen LogP) is 1.64. The third-order valence-electron chi connectivity index (χ3n) is 2.55. The first-order valence-corrected chi connectivity index (χ1v) is 5.63. The summed E-state index contributed by atoms with van der Waals surface area (Å²) in [6.45, 7) is 1.42. The molecule has 0 unspecified atom stereocenters. The molecule has 1 saturated heterocycles. The van der Waals surface area contributed by atoms with Gasteiger partial charge in [-0.1, -0.05) is 11.6 Å². The summed E-state index contributed by atoms with van der Waals surface area (Å²) in [5, 5.41) is 3.29. The van der Waals surface area contributed by atoms with Crippen molar-refractivity contribution < 1.29 is 9.53 Å². The fourth-order valence-electron chi connectivity index (χ4n) is 1.65. The number of rotatable bonds is 2. The van der Waals surface area contributed by atoms with Crippen molar-refractivity contribution in [3.63, 3.8) is 0 Å². The molecule has 1 aromatic heterocycles. The van der Waals surface area contributed by atoms with Gasteiger partial charge in [-0.2, -0.15) is 0 Å². The van der Waals surface area contributed by atoms with E-state index in [9.17, 15) is 4.79 Å². The molecular formula is C11H13ClN2O2. The first-order valence-electron chi connectivity index (χ1n) is 5.26. The number of carbonyl (C=O) groups excluding carboxylic acids is 1. The lowest BCUT2D eigenvalue weighted by Gasteiger charge is -2.23. The summed E-state index contributed by atoms with van der Waals surface area (Å²) in [5.41, 5.74) is 0.548. The lowest BCUT2D eigenvalue weighted by Crippen LogP contribution is -2.38. The summed E-state index contributed by atoms with van der Waals surface area (Å²) in [4.78, 5) is 15.7. The average Bonchev–Trinajstić information content (AvgIpc) is 2.30. The van der Waals surface area contributed by atoms with Crippen molar-refractivity contribution >= 4 is 17.5 Å². The Morgan fingerprint density at radius 2 is 2.25 bits per heavy atom. The van der Waals surface area contributed by atoms with E-state index in [0.29, 0.717) is 23.9 Å². The van der Waals surface area contributed by atoms with Crippen LogP contribution in [0, 0.1) is 0 Å². The van der Waals surface area contributed by atoms with Gasteiger partial charge in [-0.15, -0.1) is 0 Å². The average molecular weight is 241 g/mol. The Balaban J connectivity index is 1.97. The molecule has 1 fully saturated rings. The van der Waals surface area contributed by atoms with Gasteiger partial charge in [-0.3, -0.25) is 4.79 Å². The third-order valence-corrected chi connectivity index (χ3v) is 2.75. The Bertz CT molecular complexity index is 378. The van der Waals surface area contributed by atoms with Crippen molar-refractivity contribution in [2.24, 2.45) is 0 Å². The fourth-order valence-corrected chi connectivity index (χ4v) is 1.83. The molecule has 0 saturated carbocycles. The molecule has 16 heavy (non-hydrogen) atoms. The maximum atomic E-state index is 11.8. The van der Waals surface area contributed by atoms with Gasteiger partial charge >= 0.3 is 0 Å². The first kappa shape index (κ1) is 11.4. The van der Waals surface area contributed by atoms with Crippen molar-refractivity contribution in [1.29, 1.82) is 0 Å². The van der Waals surface area contributed by atoms with Crippen LogP contribution in [0.15, 0.2) is 18.3 Å². The molecule has 1 aliphatic rings. The molecule has 1 aromatic rings. The van der Waals surface area contributed by atoms with Crippen LogP contribution in [-0.2, 0) is 4.74 Å². The van der Waals surface area contributed by atoms with E-state index < -0.39 is 0 Å². The van der Waals surface area contributed by atoms with Gasteiger partial charge in [0.25, 0.3) is 5.91 Å². The summed E-state index contributed by atoms with van der Waals surface area (Å²) >= 11 is 5.72. The van der Waals surface area contributed by atoms with Crippen molar-refractivity contribution in [3.05, 3.63) is 29.0 Å². The number of nitrogens with zero attached hydrogens (tertiary/aromatic N) is 1. The topological polar surface area (TPSA) is 51.2 Å². The Morgan fingerprint density at radius 1 is 1.50 bits per heavy atom. The number of pyridine rings is 1. The normalized spacial score (nSPS) is 17.1. The Kier molecular flexibility index (Phi) is 3.74. The number of carbonyl (C=O) groups is 1. The minimum Gasteiger partial charge on any atom is -0.381 e. The Hall–Kier alpha value is -1.13. The van der Waals surface area contributed by atoms with Gasteiger partial charge in [0.2, 0.25) is 0 Å². The zero-order valence-corrected chi connectivity index (χ0v) is 9.54. The lowest BCUT2D eigenvalue weighted by molar-refractivity contribution is 0.0696. The summed E-state index contributed by atoms with van der Waals surface area (Å²) in [5.74, 6) is -0.101. The molecule has 2 heterocycles. The first-order chi connectivity index (χ1) is 7.75. The molecule has 1 N–H and O–H groups in total. The monoisotopic (exact) mass is 240 g/mol. The summed E-state index contributed by atoms with van der Waals surface area (Å²) < 4.78 is 5.22. The highest BCUT2D eigenvalue weighted by molar-refractivity contribution is 6.29. The highest BCUT2D eigenvalue weighted by Crippen LogP contribution is 2.10. The van der Waals surface area contributed by atoms with E-state index in [1.54, 1.807) is 12.1 Å². The van der Waals surface area contributed by atoms with Crippen LogP contribution in [0.1, 0.15) is 23.2 Å². The number of nitrogens with one attached hydrogen (secondary N) is 1. The number of ether oxygens (including phenoxy) is 1. The minimum absolute atomic E-state index is 0.101. The van der Waals surface area contributed by atoms with Crippen LogP contribution in [-0.4, -0.2) is 30.1 Å². The maximum absolute atomic E-state index is 11.8. The van der Waals surface area contributed by atoms with Gasteiger partial charge in [0.1, 0.15) is 5.15 Å². The van der Waals surface area contributed by atoms with Gasteiger partial charge in [0.05, 0.1) is 0 Å². The van der Waals surface area contributed by atoms with Crippen molar-refractivity contribution in [1.82, 2.24) is 10.3 Å². The van der Waals surface area contributed by atoms with Crippen LogP contribution in [0.2, 0.25) is 5.15 Å². The number of aromatic nitrogens is 1. The molecule has 0 bridgehead atoms. The van der Waals surface area contributed by atoms with Gasteiger partial charge in [0, 0.05) is 31.0 Å². The van der Waals surface area contributed by atoms with Crippen LogP contribution in [0.4, 0.5) is 0 Å². The molecule has 4 nitrogen and oxygen atoms in total. The van der Waals surface area contributed by atoms with E-state index in [0.717, 1.165) is 12.8 Å². The number of hydrogen-bond acceptors (Lipinski definition) is 3.